The molecule has 1 unspecified atom stereocenters. The van der Waals surface area contributed by atoms with E-state index in [9.17, 15) is 8.42 Å². The number of fused-ring (bicyclic) bond motifs is 1. The molecule has 0 amide bonds. The summed E-state index contributed by atoms with van der Waals surface area (Å²) in [6, 6.07) is 14.7. The van der Waals surface area contributed by atoms with Gasteiger partial charge < -0.3 is 4.42 Å². The zero-order valence-electron chi connectivity index (χ0n) is 13.4. The molecule has 0 fully saturated rings. The minimum atomic E-state index is -3.23. The Morgan fingerprint density at radius 2 is 1.64 bits per heavy atom. The molecular weight excluding hydrogens is 355 g/mol. The topological polar surface area (TPSA) is 64.6 Å². The first kappa shape index (κ1) is 16.1. The third kappa shape index (κ3) is 2.88. The number of imidazole rings is 1. The number of nitrogens with zero attached hydrogens (tertiary/aromatic N) is 2. The third-order valence-electron chi connectivity index (χ3n) is 3.98. The van der Waals surface area contributed by atoms with Gasteiger partial charge in [0.05, 0.1) is 4.90 Å². The lowest BCUT2D eigenvalue weighted by atomic mass is 10.1. The molecular formula is C18H15N2O3PS. The second-order valence-corrected chi connectivity index (χ2v) is 8.46. The molecule has 2 aromatic heterocycles. The molecule has 7 heteroatoms. The maximum atomic E-state index is 11.7. The highest BCUT2D eigenvalue weighted by Crippen LogP contribution is 2.35. The predicted octanol–water partition coefficient (Wildman–Crippen LogP) is 3.17. The van der Waals surface area contributed by atoms with Crippen molar-refractivity contribution >= 4 is 30.2 Å². The average molecular weight is 370 g/mol. The van der Waals surface area contributed by atoms with E-state index in [0.29, 0.717) is 11.6 Å². The van der Waals surface area contributed by atoms with Gasteiger partial charge in [-0.2, -0.15) is 0 Å². The number of rotatable bonds is 3. The van der Waals surface area contributed by atoms with Gasteiger partial charge >= 0.3 is 5.84 Å². The lowest BCUT2D eigenvalue weighted by Crippen LogP contribution is -1.97. The summed E-state index contributed by atoms with van der Waals surface area (Å²) in [5, 5.41) is 1.08. The van der Waals surface area contributed by atoms with Crippen molar-refractivity contribution in [1.29, 1.82) is 0 Å². The zero-order valence-corrected chi connectivity index (χ0v) is 15.3. The number of sulfone groups is 1. The van der Waals surface area contributed by atoms with Crippen molar-refractivity contribution in [3.05, 3.63) is 60.9 Å². The largest absolute Gasteiger partial charge is 0.422 e. The summed E-state index contributed by atoms with van der Waals surface area (Å²) in [4.78, 5) is 4.51. The molecule has 126 valence electrons. The molecule has 0 N–H and O–H groups in total. The molecule has 25 heavy (non-hydrogen) atoms. The number of oxazole rings is 1. The number of benzene rings is 2. The Hall–Kier alpha value is -2.43. The lowest BCUT2D eigenvalue weighted by molar-refractivity contribution is 0.602. The van der Waals surface area contributed by atoms with E-state index >= 15 is 0 Å². The van der Waals surface area contributed by atoms with Crippen LogP contribution in [0.15, 0.2) is 70.2 Å². The smallest absolute Gasteiger partial charge is 0.306 e. The summed E-state index contributed by atoms with van der Waals surface area (Å²) in [5.74, 6) is 1.19. The van der Waals surface area contributed by atoms with Crippen molar-refractivity contribution in [2.24, 2.45) is 0 Å². The van der Waals surface area contributed by atoms with Gasteiger partial charge in [-0.1, -0.05) is 36.4 Å². The van der Waals surface area contributed by atoms with Crippen LogP contribution in [0.2, 0.25) is 0 Å². The van der Waals surface area contributed by atoms with Crippen LogP contribution in [0, 0.1) is 0 Å². The molecule has 0 spiro atoms. The van der Waals surface area contributed by atoms with Crippen LogP contribution >= 0.6 is 9.24 Å². The summed E-state index contributed by atoms with van der Waals surface area (Å²) in [7, 11) is -0.579. The van der Waals surface area contributed by atoms with Gasteiger partial charge in [0.15, 0.2) is 15.6 Å². The van der Waals surface area contributed by atoms with Gasteiger partial charge in [-0.15, -0.1) is 9.24 Å². The summed E-state index contributed by atoms with van der Waals surface area (Å²) in [6.45, 7) is 0. The molecule has 4 rings (SSSR count). The summed E-state index contributed by atoms with van der Waals surface area (Å²) < 4.78 is 31.2. The summed E-state index contributed by atoms with van der Waals surface area (Å²) in [5.41, 5.74) is 2.62. The fraction of sp³-hybridized carbons (Fsp3) is 0.0556. The Balaban J connectivity index is 1.92. The summed E-state index contributed by atoms with van der Waals surface area (Å²) in [6.07, 6.45) is 4.69. The fourth-order valence-corrected chi connectivity index (χ4v) is 3.57. The molecule has 5 nitrogen and oxygen atoms in total. The van der Waals surface area contributed by atoms with Crippen molar-refractivity contribution in [3.8, 4) is 22.6 Å². The van der Waals surface area contributed by atoms with E-state index in [4.69, 9.17) is 4.42 Å². The second-order valence-electron chi connectivity index (χ2n) is 5.78. The maximum absolute atomic E-state index is 11.7. The van der Waals surface area contributed by atoms with Crippen LogP contribution in [0.5, 0.6) is 0 Å². The average Bonchev–Trinajstić information content (AvgIpc) is 3.15. The van der Waals surface area contributed by atoms with E-state index in [1.165, 1.54) is 6.26 Å². The molecule has 0 aliphatic carbocycles. The van der Waals surface area contributed by atoms with Crippen molar-refractivity contribution in [3.63, 3.8) is 0 Å². The van der Waals surface area contributed by atoms with Crippen molar-refractivity contribution in [2.75, 3.05) is 6.26 Å². The SMILES string of the molecule is CS(=O)(=O)c1ccc(-c2c(-c3ccc(P)cc3)oc3nccn23)cc1. The van der Waals surface area contributed by atoms with Crippen LogP contribution in [0.4, 0.5) is 0 Å². The van der Waals surface area contributed by atoms with Crippen LogP contribution in [-0.4, -0.2) is 24.1 Å². The van der Waals surface area contributed by atoms with E-state index in [0.717, 1.165) is 22.1 Å². The van der Waals surface area contributed by atoms with Gasteiger partial charge in [0, 0.05) is 29.8 Å². The third-order valence-corrected chi connectivity index (χ3v) is 5.50. The van der Waals surface area contributed by atoms with Gasteiger partial charge in [0.1, 0.15) is 5.69 Å². The Labute approximate surface area is 147 Å². The molecule has 0 aliphatic rings. The van der Waals surface area contributed by atoms with Gasteiger partial charge in [-0.3, -0.25) is 4.40 Å². The van der Waals surface area contributed by atoms with Crippen LogP contribution in [0.1, 0.15) is 0 Å². The Morgan fingerprint density at radius 3 is 2.28 bits per heavy atom. The van der Waals surface area contributed by atoms with Gasteiger partial charge in [0.25, 0.3) is 0 Å². The Morgan fingerprint density at radius 1 is 1.00 bits per heavy atom. The highest BCUT2D eigenvalue weighted by molar-refractivity contribution is 7.90. The van der Waals surface area contributed by atoms with Crippen LogP contribution in [-0.2, 0) is 9.84 Å². The minimum Gasteiger partial charge on any atom is -0.422 e. The van der Waals surface area contributed by atoms with Crippen LogP contribution in [0.25, 0.3) is 28.4 Å². The van der Waals surface area contributed by atoms with Gasteiger partial charge in [0.2, 0.25) is 0 Å². The standard InChI is InChI=1S/C18H15N2O3PS/c1-25(21,22)15-8-4-12(5-9-15)16-17(13-2-6-14(24)7-3-13)23-18-19-10-11-20(16)18/h2-11H,24H2,1H3. The van der Waals surface area contributed by atoms with Crippen molar-refractivity contribution in [1.82, 2.24) is 9.38 Å². The molecule has 2 aromatic carbocycles. The maximum Gasteiger partial charge on any atom is 0.306 e. The minimum absolute atomic E-state index is 0.288. The Bertz CT molecular complexity index is 1160. The monoisotopic (exact) mass is 370 g/mol. The molecule has 0 radical (unpaired) electrons. The van der Waals surface area contributed by atoms with Crippen molar-refractivity contribution in [2.45, 2.75) is 4.90 Å². The summed E-state index contributed by atoms with van der Waals surface area (Å²) >= 11 is 0. The molecule has 0 aliphatic heterocycles. The normalized spacial score (nSPS) is 11.9. The van der Waals surface area contributed by atoms with Crippen LogP contribution < -0.4 is 5.30 Å². The van der Waals surface area contributed by atoms with E-state index in [-0.39, 0.29) is 4.90 Å². The molecule has 0 saturated heterocycles. The van der Waals surface area contributed by atoms with Crippen LogP contribution in [0.3, 0.4) is 0 Å². The number of hydrogen-bond donors (Lipinski definition) is 0. The fourth-order valence-electron chi connectivity index (χ4n) is 2.74. The first-order valence-corrected chi connectivity index (χ1v) is 10.0. The second kappa shape index (κ2) is 5.83. The zero-order chi connectivity index (χ0) is 17.6. The number of aromatic nitrogens is 2. The number of hydrogen-bond acceptors (Lipinski definition) is 4. The van der Waals surface area contributed by atoms with E-state index in [1.54, 1.807) is 30.5 Å². The van der Waals surface area contributed by atoms with Gasteiger partial charge in [-0.25, -0.2) is 13.4 Å². The first-order chi connectivity index (χ1) is 11.9. The molecule has 0 bridgehead atoms. The molecule has 2 heterocycles. The highest BCUT2D eigenvalue weighted by atomic mass is 32.2. The van der Waals surface area contributed by atoms with E-state index < -0.39 is 9.84 Å². The predicted molar refractivity (Wildman–Crippen MR) is 101 cm³/mol. The molecule has 4 aromatic rings. The molecule has 1 atom stereocenters. The van der Waals surface area contributed by atoms with Gasteiger partial charge in [-0.05, 0) is 17.4 Å². The first-order valence-electron chi connectivity index (χ1n) is 7.56. The quantitative estimate of drug-likeness (QED) is 0.520. The Kier molecular flexibility index (Phi) is 3.74. The van der Waals surface area contributed by atoms with Crippen molar-refractivity contribution < 1.29 is 12.8 Å². The lowest BCUT2D eigenvalue weighted by Gasteiger charge is -2.05. The van der Waals surface area contributed by atoms with E-state index in [1.807, 2.05) is 34.9 Å². The van der Waals surface area contributed by atoms with E-state index in [2.05, 4.69) is 14.2 Å². The molecule has 0 saturated carbocycles. The highest BCUT2D eigenvalue weighted by Gasteiger charge is 2.19.